The van der Waals surface area contributed by atoms with Crippen LogP contribution < -0.4 is 16.4 Å². The Bertz CT molecular complexity index is 1620. The minimum Gasteiger partial charge on any atom is -0.445 e. The van der Waals surface area contributed by atoms with Gasteiger partial charge in [0.05, 0.1) is 37.1 Å². The summed E-state index contributed by atoms with van der Waals surface area (Å²) in [4.78, 5) is 25.7. The molecule has 0 radical (unpaired) electrons. The molecule has 312 valence electrons. The lowest BCUT2D eigenvalue weighted by atomic mass is 9.80. The number of ether oxygens (including phenoxy) is 8. The minimum atomic E-state index is -1.14. The van der Waals surface area contributed by atoms with Gasteiger partial charge in [0.1, 0.15) is 37.5 Å². The summed E-state index contributed by atoms with van der Waals surface area (Å²) in [5.41, 5.74) is 8.10. The van der Waals surface area contributed by atoms with Crippen LogP contribution in [-0.4, -0.2) is 109 Å². The monoisotopic (exact) mass is 795 g/mol. The van der Waals surface area contributed by atoms with Gasteiger partial charge in [-0.25, -0.2) is 9.59 Å². The van der Waals surface area contributed by atoms with Crippen molar-refractivity contribution in [2.24, 2.45) is 11.7 Å². The van der Waals surface area contributed by atoms with Crippen molar-refractivity contribution < 1.29 is 57.7 Å². The molecule has 0 aromatic heterocycles. The number of aliphatic hydroxyl groups is 2. The third-order valence-electron chi connectivity index (χ3n) is 10.6. The molecule has 15 heteroatoms. The first kappa shape index (κ1) is 42.7. The lowest BCUT2D eigenvalue weighted by molar-refractivity contribution is -0.278. The van der Waals surface area contributed by atoms with Gasteiger partial charge in [-0.3, -0.25) is 0 Å². The number of benzene rings is 2. The quantitative estimate of drug-likeness (QED) is 0.163. The molecule has 1 aliphatic carbocycles. The van der Waals surface area contributed by atoms with Crippen LogP contribution in [0.2, 0.25) is 0 Å². The molecule has 0 spiro atoms. The molecule has 14 unspecified atom stereocenters. The van der Waals surface area contributed by atoms with Gasteiger partial charge in [-0.1, -0.05) is 106 Å². The average molecular weight is 796 g/mol. The van der Waals surface area contributed by atoms with Gasteiger partial charge in [0.2, 0.25) is 0 Å². The lowest BCUT2D eigenvalue weighted by Gasteiger charge is -2.45. The molecule has 3 heterocycles. The van der Waals surface area contributed by atoms with Crippen molar-refractivity contribution in [2.75, 3.05) is 6.61 Å². The van der Waals surface area contributed by atoms with E-state index in [-0.39, 0.29) is 44.4 Å². The largest absolute Gasteiger partial charge is 0.445 e. The Morgan fingerprint density at radius 3 is 1.77 bits per heavy atom. The summed E-state index contributed by atoms with van der Waals surface area (Å²) in [6.45, 7) is 5.70. The Morgan fingerprint density at radius 1 is 0.737 bits per heavy atom. The average Bonchev–Trinajstić information content (AvgIpc) is 3.62. The zero-order valence-electron chi connectivity index (χ0n) is 32.7. The number of aliphatic hydroxyl groups excluding tert-OH is 2. The highest BCUT2D eigenvalue weighted by atomic mass is 16.7. The lowest BCUT2D eigenvalue weighted by Crippen LogP contribution is -2.61. The highest BCUT2D eigenvalue weighted by Gasteiger charge is 2.49. The molecule has 1 saturated heterocycles. The van der Waals surface area contributed by atoms with Gasteiger partial charge in [-0.2, -0.15) is 0 Å². The Hall–Kier alpha value is -3.90. The third-order valence-corrected chi connectivity index (χ3v) is 10.6. The summed E-state index contributed by atoms with van der Waals surface area (Å²) < 4.78 is 49.1. The van der Waals surface area contributed by atoms with Crippen LogP contribution in [0.25, 0.3) is 0 Å². The molecular weight excluding hydrogens is 738 g/mol. The fourth-order valence-electron chi connectivity index (χ4n) is 7.41. The molecule has 2 aromatic rings. The Morgan fingerprint density at radius 2 is 1.26 bits per heavy atom. The Balaban J connectivity index is 1.10. The Labute approximate surface area is 333 Å². The number of nitrogens with two attached hydrogens (primary N) is 1. The van der Waals surface area contributed by atoms with Crippen molar-refractivity contribution in [3.8, 4) is 0 Å². The summed E-state index contributed by atoms with van der Waals surface area (Å²) in [6.07, 6.45) is 0.303. The number of hydrogen-bond acceptors (Lipinski definition) is 13. The van der Waals surface area contributed by atoms with E-state index in [0.717, 1.165) is 11.1 Å². The molecule has 15 nitrogen and oxygen atoms in total. The zero-order valence-corrected chi connectivity index (χ0v) is 32.7. The van der Waals surface area contributed by atoms with Gasteiger partial charge in [-0.15, -0.1) is 0 Å². The van der Waals surface area contributed by atoms with Crippen LogP contribution in [0.5, 0.6) is 0 Å². The predicted octanol–water partition coefficient (Wildman–Crippen LogP) is 3.95. The summed E-state index contributed by atoms with van der Waals surface area (Å²) >= 11 is 0. The first-order chi connectivity index (χ1) is 27.6. The smallest absolute Gasteiger partial charge is 0.408 e. The number of rotatable bonds is 15. The predicted molar refractivity (Wildman–Crippen MR) is 206 cm³/mol. The fraction of sp³-hybridized carbons (Fsp3) is 0.571. The maximum atomic E-state index is 12.9. The first-order valence-corrected chi connectivity index (χ1v) is 19.9. The number of hydrogen-bond donors (Lipinski definition) is 5. The molecule has 6 N–H and O–H groups in total. The van der Waals surface area contributed by atoms with Gasteiger partial charge in [0.25, 0.3) is 0 Å². The van der Waals surface area contributed by atoms with Gasteiger partial charge < -0.3 is 64.5 Å². The molecule has 6 rings (SSSR count). The second-order valence-corrected chi connectivity index (χ2v) is 14.9. The third kappa shape index (κ3) is 11.6. The highest BCUT2D eigenvalue weighted by Crippen LogP contribution is 2.36. The van der Waals surface area contributed by atoms with Gasteiger partial charge >= 0.3 is 12.2 Å². The fourth-order valence-corrected chi connectivity index (χ4v) is 7.41. The van der Waals surface area contributed by atoms with E-state index >= 15 is 0 Å². The van der Waals surface area contributed by atoms with Crippen LogP contribution in [0, 0.1) is 5.92 Å². The van der Waals surface area contributed by atoms with Crippen molar-refractivity contribution in [3.63, 3.8) is 0 Å². The van der Waals surface area contributed by atoms with Crippen molar-refractivity contribution in [3.05, 3.63) is 96.1 Å². The molecule has 14 atom stereocenters. The summed E-state index contributed by atoms with van der Waals surface area (Å²) in [6, 6.07) is 16.7. The van der Waals surface area contributed by atoms with Crippen LogP contribution in [0.1, 0.15) is 57.6 Å². The van der Waals surface area contributed by atoms with Crippen LogP contribution >= 0.6 is 0 Å². The normalized spacial score (nSPS) is 35.1. The van der Waals surface area contributed by atoms with Crippen molar-refractivity contribution >= 4 is 12.2 Å². The van der Waals surface area contributed by atoms with Crippen LogP contribution in [0.15, 0.2) is 85.0 Å². The van der Waals surface area contributed by atoms with E-state index in [4.69, 9.17) is 43.6 Å². The van der Waals surface area contributed by atoms with E-state index in [1.165, 1.54) is 0 Å². The number of amides is 2. The molecular formula is C42H57N3O12. The van der Waals surface area contributed by atoms with E-state index in [0.29, 0.717) is 19.3 Å². The zero-order chi connectivity index (χ0) is 40.3. The highest BCUT2D eigenvalue weighted by molar-refractivity contribution is 5.68. The first-order valence-electron chi connectivity index (χ1n) is 19.9. The van der Waals surface area contributed by atoms with Gasteiger partial charge in [0, 0.05) is 12.5 Å². The van der Waals surface area contributed by atoms with Crippen molar-refractivity contribution in [2.45, 2.75) is 139 Å². The van der Waals surface area contributed by atoms with Crippen molar-refractivity contribution in [1.82, 2.24) is 10.6 Å². The van der Waals surface area contributed by atoms with E-state index < -0.39 is 79.7 Å². The van der Waals surface area contributed by atoms with Crippen molar-refractivity contribution in [1.29, 1.82) is 0 Å². The van der Waals surface area contributed by atoms with E-state index in [1.54, 1.807) is 0 Å². The maximum absolute atomic E-state index is 12.9. The van der Waals surface area contributed by atoms with Crippen LogP contribution in [-0.2, 0) is 51.1 Å². The molecule has 4 aliphatic rings. The van der Waals surface area contributed by atoms with Crippen LogP contribution in [0.4, 0.5) is 9.59 Å². The summed E-state index contributed by atoms with van der Waals surface area (Å²) in [5, 5.41) is 27.5. The number of alkyl carbamates (subject to hydrolysis) is 2. The molecule has 3 aliphatic heterocycles. The molecule has 2 fully saturated rings. The second kappa shape index (κ2) is 20.7. The summed E-state index contributed by atoms with van der Waals surface area (Å²) in [5.74, 6) is -0.197. The number of carbonyl (C=O) groups is 2. The number of nitrogens with one attached hydrogen (secondary N) is 2. The standard InChI is InChI=1S/C42H57N3O12/c1-4-28-16-18-31(44-41(48)50-23-26-12-8-6-9-13-26)39(52-28)55-33-21-35(54-34(33)22-46)56-38-36(47)30(43)20-25(3)37(38)57-40-32(19-17-29(5-2)53-40)45-42(49)51-24-27-14-10-7-11-15-27/h6-19,25,28-40,46-47H,4-5,20-24,43H2,1-3H3,(H,44,48)(H,45,49). The minimum absolute atomic E-state index is 0.0921. The van der Waals surface area contributed by atoms with E-state index in [9.17, 15) is 19.8 Å². The van der Waals surface area contributed by atoms with E-state index in [2.05, 4.69) is 10.6 Å². The maximum Gasteiger partial charge on any atom is 0.408 e. The number of carbonyl (C=O) groups excluding carboxylic acids is 2. The molecule has 2 amide bonds. The molecule has 0 bridgehead atoms. The van der Waals surface area contributed by atoms with Crippen LogP contribution in [0.3, 0.4) is 0 Å². The molecule has 57 heavy (non-hydrogen) atoms. The molecule has 2 aromatic carbocycles. The SMILES string of the molecule is CCC1C=CC(NC(=O)OCc2ccccc2)C(OC2CC(OC3C(O)C(N)CC(C)C3OC3OC(CC)C=CC3NC(=O)OCc3ccccc3)OC2CO)O1. The van der Waals surface area contributed by atoms with Gasteiger partial charge in [-0.05, 0) is 36.3 Å². The topological polar surface area (TPSA) is 199 Å². The molecule has 1 saturated carbocycles. The summed E-state index contributed by atoms with van der Waals surface area (Å²) in [7, 11) is 0. The van der Waals surface area contributed by atoms with Gasteiger partial charge in [0.15, 0.2) is 18.9 Å². The second-order valence-electron chi connectivity index (χ2n) is 14.9. The Kier molecular flexibility index (Phi) is 15.5. The van der Waals surface area contributed by atoms with E-state index in [1.807, 2.05) is 106 Å².